The lowest BCUT2D eigenvalue weighted by atomic mass is 9.82. The van der Waals surface area contributed by atoms with Crippen LogP contribution < -0.4 is 0 Å². The molecule has 0 saturated heterocycles. The number of furan rings is 1. The van der Waals surface area contributed by atoms with Crippen LogP contribution in [0, 0.1) is 0 Å². The van der Waals surface area contributed by atoms with Crippen LogP contribution in [0.25, 0.3) is 98.4 Å². The topological polar surface area (TPSA) is 13.1 Å². The molecule has 0 atom stereocenters. The zero-order chi connectivity index (χ0) is 29.5. The first-order valence-electron chi connectivity index (χ1n) is 15.5. The Labute approximate surface area is 259 Å². The number of hydrogen-bond donors (Lipinski definition) is 0. The molecule has 0 aliphatic rings. The van der Waals surface area contributed by atoms with Crippen LogP contribution in [0.1, 0.15) is 0 Å². The lowest BCUT2D eigenvalue weighted by Crippen LogP contribution is -1.93. The van der Waals surface area contributed by atoms with E-state index in [0.717, 1.165) is 11.2 Å². The second-order valence-corrected chi connectivity index (χ2v) is 12.0. The Morgan fingerprint density at radius 3 is 1.49 bits per heavy atom. The molecule has 9 aromatic carbocycles. The van der Waals surface area contributed by atoms with Crippen LogP contribution in [-0.4, -0.2) is 0 Å². The Bertz CT molecular complexity index is 2700. The van der Waals surface area contributed by atoms with E-state index in [-0.39, 0.29) is 0 Å². The van der Waals surface area contributed by atoms with Gasteiger partial charge in [0.25, 0.3) is 0 Å². The van der Waals surface area contributed by atoms with Gasteiger partial charge in [0.2, 0.25) is 0 Å². The molecule has 45 heavy (non-hydrogen) atoms. The van der Waals surface area contributed by atoms with Crippen LogP contribution in [-0.2, 0) is 0 Å². The van der Waals surface area contributed by atoms with E-state index in [1.165, 1.54) is 87.2 Å². The summed E-state index contributed by atoms with van der Waals surface area (Å²) in [7, 11) is 0. The van der Waals surface area contributed by atoms with Gasteiger partial charge in [0.1, 0.15) is 11.2 Å². The second kappa shape index (κ2) is 9.29. The van der Waals surface area contributed by atoms with Gasteiger partial charge in [-0.3, -0.25) is 0 Å². The summed E-state index contributed by atoms with van der Waals surface area (Å²) in [5.41, 5.74) is 9.41. The fraction of sp³-hybridized carbons (Fsp3) is 0. The van der Waals surface area contributed by atoms with Gasteiger partial charge in [0, 0.05) is 10.8 Å². The van der Waals surface area contributed by atoms with Crippen LogP contribution in [0.4, 0.5) is 0 Å². The summed E-state index contributed by atoms with van der Waals surface area (Å²) in [5, 5.41) is 12.4. The van der Waals surface area contributed by atoms with Gasteiger partial charge in [0.15, 0.2) is 0 Å². The van der Waals surface area contributed by atoms with Crippen molar-refractivity contribution in [2.75, 3.05) is 0 Å². The van der Waals surface area contributed by atoms with E-state index in [1.54, 1.807) is 0 Å². The highest BCUT2D eigenvalue weighted by atomic mass is 16.3. The van der Waals surface area contributed by atoms with Crippen molar-refractivity contribution in [1.29, 1.82) is 0 Å². The van der Waals surface area contributed by atoms with Crippen molar-refractivity contribution < 1.29 is 4.42 Å². The van der Waals surface area contributed by atoms with Crippen LogP contribution in [0.3, 0.4) is 0 Å². The lowest BCUT2D eigenvalue weighted by Gasteiger charge is -2.21. The number of benzene rings is 9. The molecule has 10 rings (SSSR count). The molecule has 0 aliphatic heterocycles. The Hall–Kier alpha value is -5.92. The van der Waals surface area contributed by atoms with Gasteiger partial charge in [0.05, 0.1) is 0 Å². The first-order chi connectivity index (χ1) is 22.3. The van der Waals surface area contributed by atoms with E-state index in [9.17, 15) is 0 Å². The standard InChI is InChI=1S/C44H26O/c1-2-15-29-27(12-1)13-9-22-30(29)31-16-3-4-17-32(31)42-33-18-5-7-20-35(33)43(36-21-8-6-19-34(36)42)38-26-28-14-10-24-39-41(28)44-37(38)23-11-25-40(44)45-39/h1-26H. The molecule has 0 amide bonds. The summed E-state index contributed by atoms with van der Waals surface area (Å²) in [5.74, 6) is 0. The third kappa shape index (κ3) is 3.44. The summed E-state index contributed by atoms with van der Waals surface area (Å²) >= 11 is 0. The Kier molecular flexibility index (Phi) is 5.06. The Morgan fingerprint density at radius 2 is 0.756 bits per heavy atom. The maximum atomic E-state index is 6.34. The molecule has 1 heterocycles. The van der Waals surface area contributed by atoms with E-state index in [4.69, 9.17) is 4.42 Å². The van der Waals surface area contributed by atoms with E-state index < -0.39 is 0 Å². The number of rotatable bonds is 3. The summed E-state index contributed by atoms with van der Waals surface area (Å²) in [6, 6.07) is 57.4. The molecule has 0 N–H and O–H groups in total. The van der Waals surface area contributed by atoms with E-state index in [0.29, 0.717) is 0 Å². The monoisotopic (exact) mass is 570 g/mol. The van der Waals surface area contributed by atoms with Crippen molar-refractivity contribution >= 4 is 65.0 Å². The summed E-state index contributed by atoms with van der Waals surface area (Å²) in [6.45, 7) is 0. The molecule has 10 aromatic rings. The van der Waals surface area contributed by atoms with Crippen molar-refractivity contribution in [3.8, 4) is 33.4 Å². The highest BCUT2D eigenvalue weighted by molar-refractivity contribution is 6.30. The molecule has 1 nitrogen and oxygen atoms in total. The normalized spacial score (nSPS) is 12.0. The van der Waals surface area contributed by atoms with Gasteiger partial charge in [-0.25, -0.2) is 0 Å². The molecule has 0 fully saturated rings. The van der Waals surface area contributed by atoms with Gasteiger partial charge >= 0.3 is 0 Å². The van der Waals surface area contributed by atoms with Gasteiger partial charge < -0.3 is 4.42 Å². The third-order valence-electron chi connectivity index (χ3n) is 9.62. The van der Waals surface area contributed by atoms with Crippen molar-refractivity contribution in [2.24, 2.45) is 0 Å². The van der Waals surface area contributed by atoms with Crippen LogP contribution in [0.15, 0.2) is 162 Å². The quantitative estimate of drug-likeness (QED) is 0.152. The highest BCUT2D eigenvalue weighted by Gasteiger charge is 2.22. The minimum absolute atomic E-state index is 0.940. The minimum Gasteiger partial charge on any atom is -0.456 e. The molecule has 0 saturated carbocycles. The van der Waals surface area contributed by atoms with Crippen LogP contribution in [0.2, 0.25) is 0 Å². The largest absolute Gasteiger partial charge is 0.456 e. The zero-order valence-corrected chi connectivity index (χ0v) is 24.4. The average Bonchev–Trinajstić information content (AvgIpc) is 3.49. The minimum atomic E-state index is 0.940. The first kappa shape index (κ1) is 24.5. The van der Waals surface area contributed by atoms with Crippen molar-refractivity contribution in [2.45, 2.75) is 0 Å². The lowest BCUT2D eigenvalue weighted by molar-refractivity contribution is 0.669. The Balaban J connectivity index is 1.36. The molecule has 1 heteroatoms. The fourth-order valence-corrected chi connectivity index (χ4v) is 7.78. The van der Waals surface area contributed by atoms with Crippen molar-refractivity contribution in [3.05, 3.63) is 158 Å². The van der Waals surface area contributed by atoms with Crippen molar-refractivity contribution in [1.82, 2.24) is 0 Å². The highest BCUT2D eigenvalue weighted by Crippen LogP contribution is 2.49. The number of hydrogen-bond acceptors (Lipinski definition) is 1. The number of fused-ring (bicyclic) bond motifs is 3. The average molecular weight is 571 g/mol. The molecular weight excluding hydrogens is 544 g/mol. The molecule has 0 radical (unpaired) electrons. The SMILES string of the molecule is c1ccc(-c2c3ccccc3c(-c3cc4cccc5oc6cccc3c6c45)c3ccccc23)c(-c2cccc3ccccc23)c1. The van der Waals surface area contributed by atoms with Gasteiger partial charge in [-0.05, 0) is 94.7 Å². The van der Waals surface area contributed by atoms with Gasteiger partial charge in [-0.1, -0.05) is 140 Å². The molecule has 0 spiro atoms. The fourth-order valence-electron chi connectivity index (χ4n) is 7.78. The van der Waals surface area contributed by atoms with E-state index >= 15 is 0 Å². The maximum Gasteiger partial charge on any atom is 0.136 e. The molecule has 0 unspecified atom stereocenters. The smallest absolute Gasteiger partial charge is 0.136 e. The van der Waals surface area contributed by atoms with Crippen LogP contribution in [0.5, 0.6) is 0 Å². The van der Waals surface area contributed by atoms with Gasteiger partial charge in [-0.2, -0.15) is 0 Å². The molecule has 1 aromatic heterocycles. The summed E-state index contributed by atoms with van der Waals surface area (Å²) in [6.07, 6.45) is 0. The summed E-state index contributed by atoms with van der Waals surface area (Å²) in [4.78, 5) is 0. The zero-order valence-electron chi connectivity index (χ0n) is 24.4. The molecule has 0 bridgehead atoms. The molecule has 0 aliphatic carbocycles. The Morgan fingerprint density at radius 1 is 0.289 bits per heavy atom. The van der Waals surface area contributed by atoms with E-state index in [1.807, 2.05) is 0 Å². The predicted molar refractivity (Wildman–Crippen MR) is 191 cm³/mol. The van der Waals surface area contributed by atoms with E-state index in [2.05, 4.69) is 158 Å². The first-order valence-corrected chi connectivity index (χ1v) is 15.5. The predicted octanol–water partition coefficient (Wildman–Crippen LogP) is 12.6. The third-order valence-corrected chi connectivity index (χ3v) is 9.62. The second-order valence-electron chi connectivity index (χ2n) is 12.0. The molecular formula is C44H26O. The van der Waals surface area contributed by atoms with Crippen LogP contribution >= 0.6 is 0 Å². The van der Waals surface area contributed by atoms with Crippen molar-refractivity contribution in [3.63, 3.8) is 0 Å². The summed E-state index contributed by atoms with van der Waals surface area (Å²) < 4.78 is 6.34. The maximum absolute atomic E-state index is 6.34. The van der Waals surface area contributed by atoms with Gasteiger partial charge in [-0.15, -0.1) is 0 Å². The molecule has 208 valence electrons.